The molecule has 25 heavy (non-hydrogen) atoms. The minimum atomic E-state index is -0.383. The maximum Gasteiger partial charge on any atom is 0.339 e. The fraction of sp³-hybridized carbons (Fsp3) is 0.235. The van der Waals surface area contributed by atoms with Crippen molar-refractivity contribution in [2.45, 2.75) is 31.0 Å². The monoisotopic (exact) mass is 355 g/mol. The van der Waals surface area contributed by atoms with Crippen LogP contribution in [0.15, 0.2) is 46.7 Å². The van der Waals surface area contributed by atoms with Crippen LogP contribution in [0.2, 0.25) is 0 Å². The van der Waals surface area contributed by atoms with Crippen LogP contribution in [0.25, 0.3) is 5.69 Å². The molecule has 0 N–H and O–H groups in total. The zero-order chi connectivity index (χ0) is 17.8. The number of nitrogens with zero attached hydrogens (tertiary/aromatic N) is 5. The Morgan fingerprint density at radius 1 is 1.24 bits per heavy atom. The van der Waals surface area contributed by atoms with Gasteiger partial charge in [-0.05, 0) is 72.3 Å². The topological polar surface area (TPSA) is 82.8 Å². The number of rotatable bonds is 5. The van der Waals surface area contributed by atoms with E-state index in [0.717, 1.165) is 16.8 Å². The molecule has 7 nitrogen and oxygen atoms in total. The molecule has 0 spiro atoms. The van der Waals surface area contributed by atoms with E-state index in [0.29, 0.717) is 22.4 Å². The molecule has 0 atom stereocenters. The van der Waals surface area contributed by atoms with E-state index in [4.69, 9.17) is 4.74 Å². The van der Waals surface area contributed by atoms with E-state index in [1.807, 2.05) is 32.0 Å². The number of carbonyl (C=O) groups excluding carboxylic acids is 1. The predicted octanol–water partition coefficient (Wildman–Crippen LogP) is 3.00. The van der Waals surface area contributed by atoms with Gasteiger partial charge in [-0.2, -0.15) is 4.68 Å². The molecule has 0 unspecified atom stereocenters. The van der Waals surface area contributed by atoms with E-state index >= 15 is 0 Å². The number of esters is 1. The van der Waals surface area contributed by atoms with Crippen LogP contribution in [-0.2, 0) is 4.74 Å². The molecule has 3 aromatic rings. The van der Waals surface area contributed by atoms with Crippen LogP contribution >= 0.6 is 11.8 Å². The van der Waals surface area contributed by atoms with Gasteiger partial charge in [0, 0.05) is 6.20 Å². The van der Waals surface area contributed by atoms with E-state index in [-0.39, 0.29) is 5.97 Å². The molecule has 2 aromatic heterocycles. The highest BCUT2D eigenvalue weighted by Gasteiger charge is 2.14. The highest BCUT2D eigenvalue weighted by molar-refractivity contribution is 7.99. The van der Waals surface area contributed by atoms with Gasteiger partial charge in [-0.1, -0.05) is 12.1 Å². The number of carbonyl (C=O) groups is 1. The fourth-order valence-corrected chi connectivity index (χ4v) is 2.94. The van der Waals surface area contributed by atoms with Gasteiger partial charge < -0.3 is 4.74 Å². The summed E-state index contributed by atoms with van der Waals surface area (Å²) in [6, 6.07) is 9.55. The molecule has 0 saturated heterocycles. The maximum atomic E-state index is 11.7. The lowest BCUT2D eigenvalue weighted by molar-refractivity contribution is 0.0525. The molecule has 0 aliphatic heterocycles. The Morgan fingerprint density at radius 2 is 2.08 bits per heavy atom. The first kappa shape index (κ1) is 17.1. The molecule has 1 aromatic carbocycles. The number of ether oxygens (including phenoxy) is 1. The zero-order valence-electron chi connectivity index (χ0n) is 14.1. The minimum Gasteiger partial charge on any atom is -0.462 e. The summed E-state index contributed by atoms with van der Waals surface area (Å²) in [5.41, 5.74) is 3.55. The molecule has 8 heteroatoms. The molecule has 0 amide bonds. The molecule has 0 bridgehead atoms. The summed E-state index contributed by atoms with van der Waals surface area (Å²) in [5, 5.41) is 13.2. The van der Waals surface area contributed by atoms with Gasteiger partial charge in [0.05, 0.1) is 17.9 Å². The van der Waals surface area contributed by atoms with Crippen molar-refractivity contribution < 1.29 is 9.53 Å². The van der Waals surface area contributed by atoms with Gasteiger partial charge in [0.25, 0.3) is 0 Å². The van der Waals surface area contributed by atoms with Crippen LogP contribution in [0.3, 0.4) is 0 Å². The van der Waals surface area contributed by atoms with Crippen molar-refractivity contribution in [3.63, 3.8) is 0 Å². The average molecular weight is 355 g/mol. The number of pyridine rings is 1. The van der Waals surface area contributed by atoms with Crippen molar-refractivity contribution in [2.24, 2.45) is 0 Å². The standard InChI is InChI=1S/C17H17N5O2S/c1-4-24-16(23)13-7-8-15(18-10-13)25-17-19-20-21-22(17)14-9-11(2)5-6-12(14)3/h5-10H,4H2,1-3H3. The van der Waals surface area contributed by atoms with Crippen LogP contribution in [0, 0.1) is 13.8 Å². The molecule has 0 aliphatic rings. The predicted molar refractivity (Wildman–Crippen MR) is 92.9 cm³/mol. The van der Waals surface area contributed by atoms with Gasteiger partial charge in [0.15, 0.2) is 0 Å². The first-order valence-corrected chi connectivity index (χ1v) is 8.57. The molecule has 0 saturated carbocycles. The smallest absolute Gasteiger partial charge is 0.339 e. The normalized spacial score (nSPS) is 10.7. The quantitative estimate of drug-likeness (QED) is 0.651. The van der Waals surface area contributed by atoms with Crippen molar-refractivity contribution in [3.8, 4) is 5.69 Å². The molecule has 0 fully saturated rings. The highest BCUT2D eigenvalue weighted by atomic mass is 32.2. The summed E-state index contributed by atoms with van der Waals surface area (Å²) in [5.74, 6) is -0.383. The first-order valence-electron chi connectivity index (χ1n) is 7.75. The number of hydrogen-bond donors (Lipinski definition) is 0. The summed E-state index contributed by atoms with van der Waals surface area (Å²) in [7, 11) is 0. The number of aryl methyl sites for hydroxylation is 2. The van der Waals surface area contributed by atoms with Gasteiger partial charge in [-0.3, -0.25) is 0 Å². The average Bonchev–Trinajstić information content (AvgIpc) is 3.06. The van der Waals surface area contributed by atoms with Gasteiger partial charge >= 0.3 is 5.97 Å². The summed E-state index contributed by atoms with van der Waals surface area (Å²) < 4.78 is 6.64. The van der Waals surface area contributed by atoms with E-state index in [1.54, 1.807) is 23.7 Å². The molecular formula is C17H17N5O2S. The third-order valence-electron chi connectivity index (χ3n) is 3.48. The Kier molecular flexibility index (Phi) is 5.08. The second-order valence-electron chi connectivity index (χ2n) is 5.37. The van der Waals surface area contributed by atoms with Gasteiger partial charge in [0.1, 0.15) is 5.03 Å². The number of hydrogen-bond acceptors (Lipinski definition) is 7. The number of tetrazole rings is 1. The second kappa shape index (κ2) is 7.43. The van der Waals surface area contributed by atoms with E-state index < -0.39 is 0 Å². The Morgan fingerprint density at radius 3 is 2.80 bits per heavy atom. The van der Waals surface area contributed by atoms with Crippen LogP contribution in [-0.4, -0.2) is 37.8 Å². The van der Waals surface area contributed by atoms with E-state index in [9.17, 15) is 4.79 Å². The van der Waals surface area contributed by atoms with Crippen LogP contribution < -0.4 is 0 Å². The van der Waals surface area contributed by atoms with Gasteiger partial charge in [-0.25, -0.2) is 9.78 Å². The maximum absolute atomic E-state index is 11.7. The molecule has 3 rings (SSSR count). The molecule has 2 heterocycles. The summed E-state index contributed by atoms with van der Waals surface area (Å²) in [6.45, 7) is 6.13. The summed E-state index contributed by atoms with van der Waals surface area (Å²) in [6.07, 6.45) is 1.49. The lowest BCUT2D eigenvalue weighted by Crippen LogP contribution is -2.05. The summed E-state index contributed by atoms with van der Waals surface area (Å²) in [4.78, 5) is 16.0. The molecular weight excluding hydrogens is 338 g/mol. The number of aromatic nitrogens is 5. The Balaban J connectivity index is 1.84. The third-order valence-corrected chi connectivity index (χ3v) is 4.36. The van der Waals surface area contributed by atoms with Crippen molar-refractivity contribution in [1.29, 1.82) is 0 Å². The Bertz CT molecular complexity index is 892. The third kappa shape index (κ3) is 3.85. The molecule has 128 valence electrons. The lowest BCUT2D eigenvalue weighted by atomic mass is 10.1. The fourth-order valence-electron chi connectivity index (χ4n) is 2.21. The summed E-state index contributed by atoms with van der Waals surface area (Å²) >= 11 is 1.33. The van der Waals surface area contributed by atoms with E-state index in [2.05, 4.69) is 20.5 Å². The molecule has 0 radical (unpaired) electrons. The van der Waals surface area contributed by atoms with Gasteiger partial charge in [0.2, 0.25) is 5.16 Å². The zero-order valence-corrected chi connectivity index (χ0v) is 14.9. The first-order chi connectivity index (χ1) is 12.1. The lowest BCUT2D eigenvalue weighted by Gasteiger charge is -2.08. The highest BCUT2D eigenvalue weighted by Crippen LogP contribution is 2.26. The van der Waals surface area contributed by atoms with Crippen molar-refractivity contribution in [2.75, 3.05) is 6.61 Å². The Hall–Kier alpha value is -2.74. The Labute approximate surface area is 149 Å². The van der Waals surface area contributed by atoms with Crippen LogP contribution in [0.4, 0.5) is 0 Å². The van der Waals surface area contributed by atoms with Crippen LogP contribution in [0.1, 0.15) is 28.4 Å². The molecule has 0 aliphatic carbocycles. The second-order valence-corrected chi connectivity index (χ2v) is 6.36. The van der Waals surface area contributed by atoms with Crippen LogP contribution in [0.5, 0.6) is 0 Å². The van der Waals surface area contributed by atoms with Gasteiger partial charge in [-0.15, -0.1) is 5.10 Å². The number of benzene rings is 1. The largest absolute Gasteiger partial charge is 0.462 e. The van der Waals surface area contributed by atoms with Crippen molar-refractivity contribution in [3.05, 3.63) is 53.2 Å². The van der Waals surface area contributed by atoms with Crippen molar-refractivity contribution >= 4 is 17.7 Å². The minimum absolute atomic E-state index is 0.333. The van der Waals surface area contributed by atoms with Crippen molar-refractivity contribution in [1.82, 2.24) is 25.2 Å². The van der Waals surface area contributed by atoms with E-state index in [1.165, 1.54) is 18.0 Å². The SMILES string of the molecule is CCOC(=O)c1ccc(Sc2nnnn2-c2cc(C)ccc2C)nc1.